The molecular formula is C30H24O8Se2. The van der Waals surface area contributed by atoms with E-state index < -0.39 is 17.7 Å². The molecule has 1 spiro atoms. The zero-order chi connectivity index (χ0) is 27.7. The van der Waals surface area contributed by atoms with E-state index in [4.69, 9.17) is 28.8 Å². The molecular weight excluding hydrogens is 646 g/mol. The van der Waals surface area contributed by atoms with Gasteiger partial charge in [0.1, 0.15) is 0 Å². The summed E-state index contributed by atoms with van der Waals surface area (Å²) in [5.41, 5.74) is 1.21. The summed E-state index contributed by atoms with van der Waals surface area (Å²) in [5, 5.41) is 12.1. The minimum absolute atomic E-state index is 0.199. The van der Waals surface area contributed by atoms with E-state index in [0.717, 1.165) is 21.4 Å². The van der Waals surface area contributed by atoms with Crippen molar-refractivity contribution >= 4 is 49.2 Å². The van der Waals surface area contributed by atoms with Crippen molar-refractivity contribution in [1.82, 2.24) is 0 Å². The van der Waals surface area contributed by atoms with Crippen molar-refractivity contribution in [3.8, 4) is 23.0 Å². The predicted molar refractivity (Wildman–Crippen MR) is 149 cm³/mol. The molecule has 0 bridgehead atoms. The fraction of sp³-hybridized carbons (Fsp3) is 0.200. The van der Waals surface area contributed by atoms with Gasteiger partial charge in [-0.1, -0.05) is 30.3 Å². The summed E-state index contributed by atoms with van der Waals surface area (Å²) in [7, 11) is 1.60. The van der Waals surface area contributed by atoms with E-state index in [-0.39, 0.29) is 19.0 Å². The van der Waals surface area contributed by atoms with Gasteiger partial charge in [0, 0.05) is 0 Å². The Bertz CT molecular complexity index is 1620. The summed E-state index contributed by atoms with van der Waals surface area (Å²) < 4.78 is 29.2. The number of ether oxygens (including phenoxy) is 5. The van der Waals surface area contributed by atoms with Gasteiger partial charge in [-0.15, -0.1) is 0 Å². The maximum absolute atomic E-state index is 13.2. The average Bonchev–Trinajstić information content (AvgIpc) is 3.27. The zero-order valence-corrected chi connectivity index (χ0v) is 24.8. The number of fused-ring (bicyclic) bond motifs is 8. The van der Waals surface area contributed by atoms with Gasteiger partial charge in [-0.25, -0.2) is 4.79 Å². The molecule has 1 N–H and O–H groups in total. The first-order valence-electron chi connectivity index (χ1n) is 12.5. The SMILES string of the molecule is COc1cccc2ccc3c(c12)Oc1cc(OC(=O)OCC[Se][Se]CCO)ccc1C31OC(=O)c2ccccc21. The van der Waals surface area contributed by atoms with Crippen molar-refractivity contribution in [3.63, 3.8) is 0 Å². The van der Waals surface area contributed by atoms with E-state index in [2.05, 4.69) is 0 Å². The fourth-order valence-electron chi connectivity index (χ4n) is 5.12. The van der Waals surface area contributed by atoms with Crippen LogP contribution < -0.4 is 14.2 Å². The van der Waals surface area contributed by atoms with Crippen LogP contribution in [0.1, 0.15) is 27.0 Å². The Labute approximate surface area is 241 Å². The van der Waals surface area contributed by atoms with E-state index in [1.165, 1.54) is 0 Å². The summed E-state index contributed by atoms with van der Waals surface area (Å²) in [6.45, 7) is 0.465. The average molecular weight is 670 g/mol. The maximum atomic E-state index is 13.2. The van der Waals surface area contributed by atoms with Crippen LogP contribution in [0.15, 0.2) is 72.8 Å². The first-order chi connectivity index (χ1) is 19.6. The molecule has 0 amide bonds. The number of hydrogen-bond donors (Lipinski definition) is 1. The second-order valence-electron chi connectivity index (χ2n) is 8.95. The standard InChI is InChI=1S/C30H24O8Se2/c1-34-24-8-4-5-18-9-11-23-27(26(18)24)37-25-17-19(36-29(33)35-14-16-40-39-15-13-31)10-12-22(25)30(23)21-7-3-2-6-20(21)28(32)38-30/h2-12,17,31H,13-16H2,1H3. The summed E-state index contributed by atoms with van der Waals surface area (Å²) >= 11 is 0.752. The van der Waals surface area contributed by atoms with Crippen molar-refractivity contribution < 1.29 is 38.4 Å². The van der Waals surface area contributed by atoms with Crippen LogP contribution in [0.25, 0.3) is 10.8 Å². The van der Waals surface area contributed by atoms with Gasteiger partial charge in [-0.3, -0.25) is 0 Å². The summed E-state index contributed by atoms with van der Waals surface area (Å²) in [6.07, 6.45) is -0.805. The fourth-order valence-corrected chi connectivity index (χ4v) is 10.2. The van der Waals surface area contributed by atoms with E-state index in [1.807, 2.05) is 42.5 Å². The molecule has 2 aliphatic heterocycles. The molecule has 0 saturated heterocycles. The van der Waals surface area contributed by atoms with Crippen molar-refractivity contribution in [1.29, 1.82) is 0 Å². The molecule has 0 aliphatic carbocycles. The third-order valence-corrected chi connectivity index (χ3v) is 14.0. The van der Waals surface area contributed by atoms with Gasteiger partial charge in [-0.05, 0) is 12.1 Å². The Morgan fingerprint density at radius 2 is 1.77 bits per heavy atom. The summed E-state index contributed by atoms with van der Waals surface area (Å²) in [4.78, 5) is 25.5. The molecule has 6 rings (SSSR count). The Hall–Kier alpha value is -3.52. The van der Waals surface area contributed by atoms with Crippen molar-refractivity contribution in [3.05, 3.63) is 95.1 Å². The quantitative estimate of drug-likeness (QED) is 0.120. The van der Waals surface area contributed by atoms with E-state index in [1.54, 1.807) is 37.4 Å². The van der Waals surface area contributed by atoms with Gasteiger partial charge < -0.3 is 4.74 Å². The number of aliphatic hydroxyl groups is 1. The number of esters is 1. The Morgan fingerprint density at radius 1 is 0.950 bits per heavy atom. The number of aliphatic hydroxyl groups excluding tert-OH is 1. The second-order valence-corrected chi connectivity index (χ2v) is 16.8. The molecule has 8 nitrogen and oxygen atoms in total. The second kappa shape index (κ2) is 11.2. The van der Waals surface area contributed by atoms with E-state index >= 15 is 0 Å². The molecule has 4 aromatic carbocycles. The number of benzene rings is 4. The van der Waals surface area contributed by atoms with E-state index in [0.29, 0.717) is 65.8 Å². The monoisotopic (exact) mass is 672 g/mol. The van der Waals surface area contributed by atoms with Crippen LogP contribution >= 0.6 is 0 Å². The first-order valence-corrected chi connectivity index (χ1v) is 19.3. The molecule has 204 valence electrons. The Morgan fingerprint density at radius 3 is 2.62 bits per heavy atom. The zero-order valence-electron chi connectivity index (χ0n) is 21.4. The van der Waals surface area contributed by atoms with Crippen LogP contribution in [0.3, 0.4) is 0 Å². The van der Waals surface area contributed by atoms with Crippen LogP contribution in [0.2, 0.25) is 10.6 Å². The molecule has 2 heterocycles. The molecule has 4 aromatic rings. The van der Waals surface area contributed by atoms with Crippen molar-refractivity contribution in [2.45, 2.75) is 16.2 Å². The van der Waals surface area contributed by atoms with Gasteiger partial charge in [-0.2, -0.15) is 0 Å². The van der Waals surface area contributed by atoms with Gasteiger partial charge >= 0.3 is 183 Å². The number of methoxy groups -OCH3 is 1. The molecule has 0 aromatic heterocycles. The van der Waals surface area contributed by atoms with Crippen LogP contribution in [0.5, 0.6) is 23.0 Å². The van der Waals surface area contributed by atoms with Crippen LogP contribution in [0.4, 0.5) is 4.79 Å². The summed E-state index contributed by atoms with van der Waals surface area (Å²) in [6, 6.07) is 21.9. The van der Waals surface area contributed by atoms with Gasteiger partial charge in [0.05, 0.1) is 7.11 Å². The van der Waals surface area contributed by atoms with Crippen LogP contribution in [-0.4, -0.2) is 63.8 Å². The minimum atomic E-state index is -1.26. The first kappa shape index (κ1) is 26.7. The molecule has 0 saturated carbocycles. The summed E-state index contributed by atoms with van der Waals surface area (Å²) in [5.74, 6) is 1.31. The molecule has 10 heteroatoms. The molecule has 0 fully saturated rings. The molecule has 0 radical (unpaired) electrons. The van der Waals surface area contributed by atoms with Gasteiger partial charge in [0.2, 0.25) is 0 Å². The molecule has 40 heavy (non-hydrogen) atoms. The van der Waals surface area contributed by atoms with Crippen LogP contribution in [0, 0.1) is 0 Å². The molecule has 1 atom stereocenters. The molecule has 1 unspecified atom stereocenters. The van der Waals surface area contributed by atoms with E-state index in [9.17, 15) is 9.59 Å². The molecule has 2 aliphatic rings. The normalized spacial score (nSPS) is 16.5. The number of carbonyl (C=O) groups is 2. The topological polar surface area (TPSA) is 101 Å². The third kappa shape index (κ3) is 4.52. The Balaban J connectivity index is 1.41. The number of carbonyl (C=O) groups excluding carboxylic acids is 2. The predicted octanol–water partition coefficient (Wildman–Crippen LogP) is 5.08. The van der Waals surface area contributed by atoms with Crippen molar-refractivity contribution in [2.24, 2.45) is 0 Å². The van der Waals surface area contributed by atoms with Gasteiger partial charge in [0.25, 0.3) is 0 Å². The number of rotatable bonds is 8. The third-order valence-electron chi connectivity index (χ3n) is 6.72. The van der Waals surface area contributed by atoms with Crippen molar-refractivity contribution in [2.75, 3.05) is 20.3 Å². The van der Waals surface area contributed by atoms with Crippen LogP contribution in [-0.2, 0) is 15.1 Å². The number of hydrogen-bond acceptors (Lipinski definition) is 8. The van der Waals surface area contributed by atoms with Gasteiger partial charge in [0.15, 0.2) is 0 Å². The Kier molecular flexibility index (Phi) is 7.45.